The fraction of sp³-hybridized carbons (Fsp3) is 0.286. The van der Waals surface area contributed by atoms with Gasteiger partial charge in [-0.1, -0.05) is 22.8 Å². The first-order chi connectivity index (χ1) is 13.4. The third kappa shape index (κ3) is 3.47. The first-order valence-corrected chi connectivity index (χ1v) is 9.48. The molecule has 7 heteroatoms. The van der Waals surface area contributed by atoms with Gasteiger partial charge in [-0.05, 0) is 48.9 Å². The molecule has 1 aromatic heterocycles. The van der Waals surface area contributed by atoms with Gasteiger partial charge in [0, 0.05) is 49.0 Å². The third-order valence-corrected chi connectivity index (χ3v) is 5.43. The van der Waals surface area contributed by atoms with Gasteiger partial charge in [-0.15, -0.1) is 0 Å². The summed E-state index contributed by atoms with van der Waals surface area (Å²) in [6.45, 7) is 2.44. The van der Waals surface area contributed by atoms with Crippen molar-refractivity contribution in [1.82, 2.24) is 10.1 Å². The summed E-state index contributed by atoms with van der Waals surface area (Å²) in [5, 5.41) is 4.75. The van der Waals surface area contributed by atoms with Crippen LogP contribution < -0.4 is 9.80 Å². The lowest BCUT2D eigenvalue weighted by Gasteiger charge is -2.17. The second kappa shape index (κ2) is 7.28. The topological polar surface area (TPSA) is 62.5 Å². The van der Waals surface area contributed by atoms with Gasteiger partial charge >= 0.3 is 0 Å². The largest absolute Gasteiger partial charge is 0.378 e. The molecule has 0 spiro atoms. The molecule has 0 saturated carbocycles. The smallest absolute Gasteiger partial charge is 0.232 e. The maximum Gasteiger partial charge on any atom is 0.232 e. The zero-order valence-electron chi connectivity index (χ0n) is 16.0. The van der Waals surface area contributed by atoms with Gasteiger partial charge in [0.05, 0.1) is 5.92 Å². The van der Waals surface area contributed by atoms with E-state index in [9.17, 15) is 4.79 Å². The average Bonchev–Trinajstić information content (AvgIpc) is 3.31. The van der Waals surface area contributed by atoms with Gasteiger partial charge in [0.25, 0.3) is 0 Å². The minimum atomic E-state index is -0.130. The van der Waals surface area contributed by atoms with E-state index in [-0.39, 0.29) is 11.8 Å². The van der Waals surface area contributed by atoms with E-state index in [0.717, 1.165) is 22.5 Å². The molecule has 4 rings (SSSR count). The molecule has 2 heterocycles. The average molecular weight is 397 g/mol. The number of halogens is 1. The lowest BCUT2D eigenvalue weighted by atomic mass is 10.1. The molecule has 3 aromatic rings. The summed E-state index contributed by atoms with van der Waals surface area (Å²) in [4.78, 5) is 20.8. The van der Waals surface area contributed by atoms with Crippen molar-refractivity contribution in [3.05, 3.63) is 58.9 Å². The summed E-state index contributed by atoms with van der Waals surface area (Å²) >= 11 is 6.21. The van der Waals surface area contributed by atoms with E-state index < -0.39 is 0 Å². The van der Waals surface area contributed by atoms with E-state index in [2.05, 4.69) is 10.1 Å². The number of carbonyl (C=O) groups excluding carboxylic acids is 1. The van der Waals surface area contributed by atoms with E-state index in [1.54, 1.807) is 4.90 Å². The molecule has 1 amide bonds. The van der Waals surface area contributed by atoms with Crippen LogP contribution in [0.3, 0.4) is 0 Å². The first-order valence-electron chi connectivity index (χ1n) is 9.10. The van der Waals surface area contributed by atoms with E-state index in [1.807, 2.05) is 68.4 Å². The van der Waals surface area contributed by atoms with Crippen LogP contribution in [0.5, 0.6) is 0 Å². The summed E-state index contributed by atoms with van der Waals surface area (Å²) in [7, 11) is 3.98. The molecule has 1 atom stereocenters. The van der Waals surface area contributed by atoms with Crippen molar-refractivity contribution in [3.63, 3.8) is 0 Å². The Kier molecular flexibility index (Phi) is 4.81. The van der Waals surface area contributed by atoms with Crippen LogP contribution in [-0.4, -0.2) is 36.7 Å². The number of hydrogen-bond acceptors (Lipinski definition) is 5. The van der Waals surface area contributed by atoms with Gasteiger partial charge in [-0.3, -0.25) is 4.79 Å². The Morgan fingerprint density at radius 3 is 2.61 bits per heavy atom. The van der Waals surface area contributed by atoms with Crippen LogP contribution in [0.15, 0.2) is 47.0 Å². The number of aryl methyl sites for hydroxylation is 1. The fourth-order valence-electron chi connectivity index (χ4n) is 3.30. The molecule has 1 fully saturated rings. The van der Waals surface area contributed by atoms with Crippen molar-refractivity contribution in [1.29, 1.82) is 0 Å². The molecule has 28 heavy (non-hydrogen) atoms. The van der Waals surface area contributed by atoms with Gasteiger partial charge in [-0.25, -0.2) is 0 Å². The van der Waals surface area contributed by atoms with E-state index >= 15 is 0 Å². The fourth-order valence-corrected chi connectivity index (χ4v) is 3.47. The highest BCUT2D eigenvalue weighted by Crippen LogP contribution is 2.33. The molecule has 2 aromatic carbocycles. The van der Waals surface area contributed by atoms with Gasteiger partial charge in [0.15, 0.2) is 0 Å². The third-order valence-electron chi connectivity index (χ3n) is 5.03. The number of anilines is 2. The van der Waals surface area contributed by atoms with Crippen LogP contribution in [0.1, 0.15) is 23.8 Å². The lowest BCUT2D eigenvalue weighted by Crippen LogP contribution is -2.24. The summed E-state index contributed by atoms with van der Waals surface area (Å²) in [6.07, 6.45) is 0.340. The predicted molar refractivity (Wildman–Crippen MR) is 110 cm³/mol. The minimum absolute atomic E-state index is 0.0278. The van der Waals surface area contributed by atoms with Crippen LogP contribution in [-0.2, 0) is 4.79 Å². The Balaban J connectivity index is 1.53. The molecular formula is C21H21ClN4O2. The Morgan fingerprint density at radius 2 is 1.93 bits per heavy atom. The van der Waals surface area contributed by atoms with Gasteiger partial charge in [-0.2, -0.15) is 4.98 Å². The standard InChI is InChI=1S/C21H21ClN4O2/c1-13-4-7-17(11-18(13)22)26-12-15(10-19(26)27)21-23-20(24-28-21)14-5-8-16(9-6-14)25(2)3/h4-9,11,15H,10,12H2,1-3H3. The van der Waals surface area contributed by atoms with Crippen molar-refractivity contribution in [2.45, 2.75) is 19.3 Å². The van der Waals surface area contributed by atoms with Gasteiger partial charge < -0.3 is 14.3 Å². The predicted octanol–water partition coefficient (Wildman–Crippen LogP) is 4.28. The molecule has 0 N–H and O–H groups in total. The molecule has 0 aliphatic carbocycles. The number of carbonyl (C=O) groups is 1. The Bertz CT molecular complexity index is 1010. The summed E-state index contributed by atoms with van der Waals surface area (Å²) < 4.78 is 5.48. The number of benzene rings is 2. The molecule has 0 bridgehead atoms. The number of rotatable bonds is 4. The maximum atomic E-state index is 12.5. The molecule has 0 radical (unpaired) electrons. The monoisotopic (exact) mass is 396 g/mol. The minimum Gasteiger partial charge on any atom is -0.378 e. The molecule has 144 valence electrons. The summed E-state index contributed by atoms with van der Waals surface area (Å²) in [5.74, 6) is 0.917. The highest BCUT2D eigenvalue weighted by Gasteiger charge is 2.35. The highest BCUT2D eigenvalue weighted by atomic mass is 35.5. The van der Waals surface area contributed by atoms with E-state index in [0.29, 0.717) is 29.7 Å². The van der Waals surface area contributed by atoms with E-state index in [4.69, 9.17) is 16.1 Å². The molecular weight excluding hydrogens is 376 g/mol. The van der Waals surface area contributed by atoms with Crippen molar-refractivity contribution in [2.75, 3.05) is 30.4 Å². The second-order valence-electron chi connectivity index (χ2n) is 7.24. The summed E-state index contributed by atoms with van der Waals surface area (Å²) in [5.41, 5.74) is 3.76. The first kappa shape index (κ1) is 18.5. The number of amides is 1. The van der Waals surface area contributed by atoms with Crippen LogP contribution >= 0.6 is 11.6 Å². The van der Waals surface area contributed by atoms with Crippen molar-refractivity contribution in [3.8, 4) is 11.4 Å². The molecule has 6 nitrogen and oxygen atoms in total. The number of aromatic nitrogens is 2. The quantitative estimate of drug-likeness (QED) is 0.658. The highest BCUT2D eigenvalue weighted by molar-refractivity contribution is 6.31. The lowest BCUT2D eigenvalue weighted by molar-refractivity contribution is -0.117. The van der Waals surface area contributed by atoms with Gasteiger partial charge in [0.1, 0.15) is 0 Å². The van der Waals surface area contributed by atoms with Crippen molar-refractivity contribution >= 4 is 28.9 Å². The van der Waals surface area contributed by atoms with Crippen LogP contribution in [0.2, 0.25) is 5.02 Å². The molecule has 1 unspecified atom stereocenters. The van der Waals surface area contributed by atoms with Gasteiger partial charge in [0.2, 0.25) is 17.6 Å². The summed E-state index contributed by atoms with van der Waals surface area (Å²) in [6, 6.07) is 13.6. The Labute approximate surface area is 168 Å². The SMILES string of the molecule is Cc1ccc(N2CC(c3nc(-c4ccc(N(C)C)cc4)no3)CC2=O)cc1Cl. The molecule has 1 aliphatic heterocycles. The van der Waals surface area contributed by atoms with Crippen LogP contribution in [0.25, 0.3) is 11.4 Å². The number of hydrogen-bond donors (Lipinski definition) is 0. The molecule has 1 saturated heterocycles. The van der Waals surface area contributed by atoms with Crippen molar-refractivity contribution in [2.24, 2.45) is 0 Å². The molecule has 1 aliphatic rings. The zero-order valence-corrected chi connectivity index (χ0v) is 16.8. The van der Waals surface area contributed by atoms with E-state index in [1.165, 1.54) is 0 Å². The Hall–Kier alpha value is -2.86. The second-order valence-corrected chi connectivity index (χ2v) is 7.64. The number of nitrogens with zero attached hydrogens (tertiary/aromatic N) is 4. The van der Waals surface area contributed by atoms with Crippen LogP contribution in [0, 0.1) is 6.92 Å². The normalized spacial score (nSPS) is 16.6. The maximum absolute atomic E-state index is 12.5. The zero-order chi connectivity index (χ0) is 19.8. The Morgan fingerprint density at radius 1 is 1.18 bits per heavy atom. The van der Waals surface area contributed by atoms with Crippen LogP contribution in [0.4, 0.5) is 11.4 Å². The van der Waals surface area contributed by atoms with Crippen molar-refractivity contribution < 1.29 is 9.32 Å².